The van der Waals surface area contributed by atoms with Crippen LogP contribution in [0.4, 0.5) is 5.69 Å². The Bertz CT molecular complexity index is 1170. The summed E-state index contributed by atoms with van der Waals surface area (Å²) in [6, 6.07) is 14.4. The number of aryl methyl sites for hydroxylation is 2. The summed E-state index contributed by atoms with van der Waals surface area (Å²) in [7, 11) is 0. The molecule has 1 aliphatic heterocycles. The molecule has 1 N–H and O–H groups in total. The molecule has 4 rings (SSSR count). The second-order valence-corrected chi connectivity index (χ2v) is 7.81. The number of rotatable bonds is 4. The first-order valence-corrected chi connectivity index (χ1v) is 10.2. The van der Waals surface area contributed by atoms with Gasteiger partial charge in [0.25, 0.3) is 11.5 Å². The van der Waals surface area contributed by atoms with Crippen LogP contribution in [0.2, 0.25) is 0 Å². The molecule has 154 valence electrons. The predicted octanol–water partition coefficient (Wildman–Crippen LogP) is 3.49. The predicted molar refractivity (Wildman–Crippen MR) is 118 cm³/mol. The summed E-state index contributed by atoms with van der Waals surface area (Å²) in [5.41, 5.74) is 3.33. The number of pyridine rings is 1. The molecule has 2 amide bonds. The maximum Gasteiger partial charge on any atom is 0.254 e. The van der Waals surface area contributed by atoms with E-state index < -0.39 is 0 Å². The van der Waals surface area contributed by atoms with E-state index in [0.717, 1.165) is 29.7 Å². The Hall–Kier alpha value is -3.41. The number of hydrogen-bond donors (Lipinski definition) is 1. The van der Waals surface area contributed by atoms with Gasteiger partial charge in [-0.3, -0.25) is 19.0 Å². The lowest BCUT2D eigenvalue weighted by Crippen LogP contribution is -2.32. The Morgan fingerprint density at radius 3 is 2.33 bits per heavy atom. The smallest absolute Gasteiger partial charge is 0.254 e. The van der Waals surface area contributed by atoms with E-state index >= 15 is 0 Å². The largest absolute Gasteiger partial charge is 0.339 e. The summed E-state index contributed by atoms with van der Waals surface area (Å²) >= 11 is 0. The maximum atomic E-state index is 13.0. The zero-order valence-electron chi connectivity index (χ0n) is 17.3. The van der Waals surface area contributed by atoms with Gasteiger partial charge in [-0.05, 0) is 43.9 Å². The number of carbonyl (C=O) groups excluding carboxylic acids is 2. The minimum atomic E-state index is -0.354. The fourth-order valence-corrected chi connectivity index (χ4v) is 4.10. The number of carbonyl (C=O) groups is 2. The molecule has 6 nitrogen and oxygen atoms in total. The van der Waals surface area contributed by atoms with E-state index in [9.17, 15) is 14.4 Å². The van der Waals surface area contributed by atoms with Crippen LogP contribution in [0.1, 0.15) is 34.3 Å². The molecule has 3 aromatic rings. The van der Waals surface area contributed by atoms with Gasteiger partial charge in [0.1, 0.15) is 6.54 Å². The number of nitrogens with zero attached hydrogens (tertiary/aromatic N) is 2. The number of benzene rings is 2. The van der Waals surface area contributed by atoms with Gasteiger partial charge in [0.15, 0.2) is 0 Å². The first-order valence-electron chi connectivity index (χ1n) is 10.2. The van der Waals surface area contributed by atoms with E-state index in [-0.39, 0.29) is 23.9 Å². The molecule has 1 fully saturated rings. The Morgan fingerprint density at radius 2 is 1.63 bits per heavy atom. The van der Waals surface area contributed by atoms with Gasteiger partial charge in [-0.1, -0.05) is 36.4 Å². The lowest BCUT2D eigenvalue weighted by atomic mass is 10.1. The second-order valence-electron chi connectivity index (χ2n) is 7.81. The topological polar surface area (TPSA) is 71.4 Å². The van der Waals surface area contributed by atoms with Gasteiger partial charge in [0.05, 0.1) is 11.1 Å². The number of fused-ring (bicyclic) bond motifs is 1. The number of anilines is 1. The number of para-hydroxylation sites is 2. The molecule has 1 saturated heterocycles. The lowest BCUT2D eigenvalue weighted by Gasteiger charge is -2.18. The van der Waals surface area contributed by atoms with Crippen LogP contribution in [-0.2, 0) is 11.3 Å². The number of nitrogens with one attached hydrogen (secondary N) is 1. The van der Waals surface area contributed by atoms with Crippen molar-refractivity contribution >= 4 is 28.4 Å². The van der Waals surface area contributed by atoms with Gasteiger partial charge in [-0.2, -0.15) is 0 Å². The van der Waals surface area contributed by atoms with E-state index in [2.05, 4.69) is 5.32 Å². The van der Waals surface area contributed by atoms with Crippen molar-refractivity contribution < 1.29 is 9.59 Å². The number of amides is 2. The SMILES string of the molecule is Cc1cccc(C)c1NC(=O)Cn1c(=O)cc(C(=O)N2CCCC2)c2ccccc21. The zero-order chi connectivity index (χ0) is 21.3. The molecule has 0 spiro atoms. The van der Waals surface area contributed by atoms with Crippen LogP contribution >= 0.6 is 0 Å². The van der Waals surface area contributed by atoms with Crippen molar-refractivity contribution in [2.75, 3.05) is 18.4 Å². The molecule has 1 aliphatic rings. The third-order valence-electron chi connectivity index (χ3n) is 5.69. The summed E-state index contributed by atoms with van der Waals surface area (Å²) in [5, 5.41) is 3.62. The molecular weight excluding hydrogens is 378 g/mol. The van der Waals surface area contributed by atoms with Gasteiger partial charge >= 0.3 is 0 Å². The van der Waals surface area contributed by atoms with Crippen LogP contribution in [0, 0.1) is 13.8 Å². The van der Waals surface area contributed by atoms with Crippen molar-refractivity contribution in [1.82, 2.24) is 9.47 Å². The van der Waals surface area contributed by atoms with Gasteiger partial charge in [0.2, 0.25) is 5.91 Å². The van der Waals surface area contributed by atoms with Gasteiger partial charge < -0.3 is 10.2 Å². The average molecular weight is 403 g/mol. The van der Waals surface area contributed by atoms with Crippen LogP contribution < -0.4 is 10.9 Å². The van der Waals surface area contributed by atoms with Crippen molar-refractivity contribution in [3.63, 3.8) is 0 Å². The molecule has 0 bridgehead atoms. The molecule has 1 aromatic heterocycles. The Balaban J connectivity index is 1.69. The zero-order valence-corrected chi connectivity index (χ0v) is 17.3. The fraction of sp³-hybridized carbons (Fsp3) is 0.292. The van der Waals surface area contributed by atoms with Crippen molar-refractivity contribution in [2.24, 2.45) is 0 Å². The Kier molecular flexibility index (Phi) is 5.40. The Labute approximate surface area is 175 Å². The van der Waals surface area contributed by atoms with Crippen LogP contribution in [-0.4, -0.2) is 34.4 Å². The van der Waals surface area contributed by atoms with E-state index in [1.165, 1.54) is 10.6 Å². The second kappa shape index (κ2) is 8.14. The molecule has 0 unspecified atom stereocenters. The normalized spacial score (nSPS) is 13.6. The molecule has 0 aliphatic carbocycles. The summed E-state index contributed by atoms with van der Waals surface area (Å²) in [4.78, 5) is 40.4. The molecule has 0 radical (unpaired) electrons. The first-order chi connectivity index (χ1) is 14.5. The van der Waals surface area contributed by atoms with Gasteiger partial charge in [-0.15, -0.1) is 0 Å². The minimum Gasteiger partial charge on any atom is -0.339 e. The molecule has 2 heterocycles. The maximum absolute atomic E-state index is 13.0. The highest BCUT2D eigenvalue weighted by Crippen LogP contribution is 2.22. The molecule has 6 heteroatoms. The summed E-state index contributed by atoms with van der Waals surface area (Å²) in [5.74, 6) is -0.397. The lowest BCUT2D eigenvalue weighted by molar-refractivity contribution is -0.116. The molecule has 2 aromatic carbocycles. The van der Waals surface area contributed by atoms with E-state index in [0.29, 0.717) is 29.6 Å². The summed E-state index contributed by atoms with van der Waals surface area (Å²) in [6.45, 7) is 5.18. The van der Waals surface area contributed by atoms with Gasteiger partial charge in [-0.25, -0.2) is 0 Å². The third kappa shape index (κ3) is 3.73. The molecular formula is C24H25N3O3. The van der Waals surface area contributed by atoms with Gasteiger partial charge in [0, 0.05) is 30.2 Å². The average Bonchev–Trinajstić information content (AvgIpc) is 3.27. The molecule has 0 saturated carbocycles. The Morgan fingerprint density at radius 1 is 0.967 bits per heavy atom. The highest BCUT2D eigenvalue weighted by Gasteiger charge is 2.23. The molecule has 0 atom stereocenters. The van der Waals surface area contributed by atoms with Crippen LogP contribution in [0.5, 0.6) is 0 Å². The van der Waals surface area contributed by atoms with Crippen molar-refractivity contribution in [2.45, 2.75) is 33.2 Å². The minimum absolute atomic E-state index is 0.118. The number of aromatic nitrogens is 1. The van der Waals surface area contributed by atoms with Crippen LogP contribution in [0.15, 0.2) is 53.3 Å². The van der Waals surface area contributed by atoms with E-state index in [1.54, 1.807) is 11.0 Å². The molecule has 30 heavy (non-hydrogen) atoms. The van der Waals surface area contributed by atoms with Crippen molar-refractivity contribution in [3.8, 4) is 0 Å². The fourth-order valence-electron chi connectivity index (χ4n) is 4.10. The van der Waals surface area contributed by atoms with E-state index in [1.807, 2.05) is 50.2 Å². The van der Waals surface area contributed by atoms with Crippen LogP contribution in [0.3, 0.4) is 0 Å². The number of hydrogen-bond acceptors (Lipinski definition) is 3. The first kappa shape index (κ1) is 19.9. The quantitative estimate of drug-likeness (QED) is 0.725. The third-order valence-corrected chi connectivity index (χ3v) is 5.69. The highest BCUT2D eigenvalue weighted by molar-refractivity contribution is 6.06. The highest BCUT2D eigenvalue weighted by atomic mass is 16.2. The van der Waals surface area contributed by atoms with Crippen LogP contribution in [0.25, 0.3) is 10.9 Å². The number of likely N-dealkylation sites (tertiary alicyclic amines) is 1. The summed E-state index contributed by atoms with van der Waals surface area (Å²) in [6.07, 6.45) is 1.97. The van der Waals surface area contributed by atoms with Crippen molar-refractivity contribution in [3.05, 3.63) is 75.6 Å². The van der Waals surface area contributed by atoms with Crippen molar-refractivity contribution in [1.29, 1.82) is 0 Å². The standard InChI is InChI=1S/C24H25N3O3/c1-16-8-7-9-17(2)23(16)25-21(28)15-27-20-11-4-3-10-18(20)19(14-22(27)29)24(30)26-12-5-6-13-26/h3-4,7-11,14H,5-6,12-13,15H2,1-2H3,(H,25,28). The summed E-state index contributed by atoms with van der Waals surface area (Å²) < 4.78 is 1.43. The monoisotopic (exact) mass is 403 g/mol. The van der Waals surface area contributed by atoms with E-state index in [4.69, 9.17) is 0 Å².